The van der Waals surface area contributed by atoms with Crippen molar-refractivity contribution < 1.29 is 18.4 Å². The van der Waals surface area contributed by atoms with Crippen molar-refractivity contribution in [1.82, 2.24) is 5.32 Å². The van der Waals surface area contributed by atoms with Crippen LogP contribution in [0.5, 0.6) is 0 Å². The number of halogens is 1. The van der Waals surface area contributed by atoms with E-state index < -0.39 is 17.9 Å². The van der Waals surface area contributed by atoms with E-state index in [2.05, 4.69) is 10.6 Å². The average molecular weight is 352 g/mol. The van der Waals surface area contributed by atoms with Crippen molar-refractivity contribution in [3.05, 3.63) is 89.6 Å². The molecule has 0 unspecified atom stereocenters. The molecule has 0 saturated heterocycles. The number of amides is 1. The van der Waals surface area contributed by atoms with Crippen LogP contribution in [0.25, 0.3) is 0 Å². The lowest BCUT2D eigenvalue weighted by Gasteiger charge is -2.20. The summed E-state index contributed by atoms with van der Waals surface area (Å²) in [6.07, 6.45) is 0.333. The highest BCUT2D eigenvalue weighted by atomic mass is 19.1. The minimum Gasteiger partial charge on any atom is -0.459 e. The molecule has 0 aliphatic heterocycles. The molecule has 0 bridgehead atoms. The fourth-order valence-electron chi connectivity index (χ4n) is 2.37. The molecule has 2 aromatic carbocycles. The molecule has 1 atom stereocenters. The fourth-order valence-corrected chi connectivity index (χ4v) is 2.37. The Morgan fingerprint density at radius 1 is 1.00 bits per heavy atom. The Kier molecular flexibility index (Phi) is 5.12. The lowest BCUT2D eigenvalue weighted by Crippen LogP contribution is -2.46. The first kappa shape index (κ1) is 17.4. The third-order valence-corrected chi connectivity index (χ3v) is 3.77. The van der Waals surface area contributed by atoms with E-state index in [0.717, 1.165) is 5.56 Å². The molecule has 0 aliphatic rings. The van der Waals surface area contributed by atoms with Gasteiger partial charge < -0.3 is 15.1 Å². The van der Waals surface area contributed by atoms with Crippen LogP contribution in [0.1, 0.15) is 26.5 Å². The number of hydrogen-bond acceptors (Lipinski definition) is 4. The maximum atomic E-state index is 13.1. The summed E-state index contributed by atoms with van der Waals surface area (Å²) in [4.78, 5) is 25.1. The van der Waals surface area contributed by atoms with E-state index >= 15 is 0 Å². The summed E-state index contributed by atoms with van der Waals surface area (Å²) in [6.45, 7) is 1.92. The minimum absolute atomic E-state index is 0.0904. The van der Waals surface area contributed by atoms with Gasteiger partial charge in [-0.15, -0.1) is 0 Å². The van der Waals surface area contributed by atoms with Gasteiger partial charge in [0.2, 0.25) is 5.78 Å². The largest absolute Gasteiger partial charge is 0.459 e. The summed E-state index contributed by atoms with van der Waals surface area (Å²) < 4.78 is 18.2. The number of benzene rings is 2. The number of carbonyl (C=O) groups is 2. The number of nitrogens with one attached hydrogen (secondary N) is 2. The van der Waals surface area contributed by atoms with Gasteiger partial charge in [0.1, 0.15) is 5.82 Å². The van der Waals surface area contributed by atoms with Crippen LogP contribution in [-0.4, -0.2) is 17.9 Å². The third-order valence-electron chi connectivity index (χ3n) is 3.77. The quantitative estimate of drug-likeness (QED) is 0.523. The standard InChI is InChI=1S/C20H17FN2O3/c1-13-4-6-14(7-5-13)18(24)19(22-16-10-8-15(21)9-11-16)23-20(25)17-3-2-12-26-17/h2-12,19,22H,1H3,(H,23,25)/t19-/m1/s1. The second-order valence-electron chi connectivity index (χ2n) is 5.77. The molecule has 3 aromatic rings. The molecule has 6 heteroatoms. The van der Waals surface area contributed by atoms with E-state index in [1.165, 1.54) is 36.6 Å². The van der Waals surface area contributed by atoms with Gasteiger partial charge in [0.25, 0.3) is 5.91 Å². The third kappa shape index (κ3) is 4.16. The van der Waals surface area contributed by atoms with Crippen molar-refractivity contribution in [2.75, 3.05) is 5.32 Å². The zero-order valence-electron chi connectivity index (χ0n) is 14.0. The predicted molar refractivity (Wildman–Crippen MR) is 95.5 cm³/mol. The number of aryl methyl sites for hydroxylation is 1. The van der Waals surface area contributed by atoms with Gasteiger partial charge in [-0.3, -0.25) is 9.59 Å². The van der Waals surface area contributed by atoms with Gasteiger partial charge in [-0.05, 0) is 43.3 Å². The van der Waals surface area contributed by atoms with Crippen LogP contribution >= 0.6 is 0 Å². The summed E-state index contributed by atoms with van der Waals surface area (Å²) >= 11 is 0. The van der Waals surface area contributed by atoms with Crippen molar-refractivity contribution in [1.29, 1.82) is 0 Å². The SMILES string of the molecule is Cc1ccc(C(=O)[C@@H](NC(=O)c2ccco2)Nc2ccc(F)cc2)cc1. The van der Waals surface area contributed by atoms with E-state index in [0.29, 0.717) is 11.3 Å². The van der Waals surface area contributed by atoms with E-state index in [1.54, 1.807) is 18.2 Å². The minimum atomic E-state index is -1.04. The Labute approximate surface area is 149 Å². The van der Waals surface area contributed by atoms with Crippen molar-refractivity contribution >= 4 is 17.4 Å². The van der Waals surface area contributed by atoms with Crippen LogP contribution in [0.4, 0.5) is 10.1 Å². The lowest BCUT2D eigenvalue weighted by atomic mass is 10.1. The van der Waals surface area contributed by atoms with Crippen LogP contribution in [0.2, 0.25) is 0 Å². The van der Waals surface area contributed by atoms with E-state index in [1.807, 2.05) is 19.1 Å². The van der Waals surface area contributed by atoms with E-state index in [-0.39, 0.29) is 11.5 Å². The van der Waals surface area contributed by atoms with Crippen LogP contribution < -0.4 is 10.6 Å². The van der Waals surface area contributed by atoms with Crippen LogP contribution in [0, 0.1) is 12.7 Å². The van der Waals surface area contributed by atoms with Gasteiger partial charge in [0.05, 0.1) is 6.26 Å². The first-order chi connectivity index (χ1) is 12.5. The number of rotatable bonds is 6. The molecule has 0 aliphatic carbocycles. The van der Waals surface area contributed by atoms with E-state index in [9.17, 15) is 14.0 Å². The van der Waals surface area contributed by atoms with Crippen LogP contribution in [-0.2, 0) is 0 Å². The Morgan fingerprint density at radius 2 is 1.69 bits per heavy atom. The normalized spacial score (nSPS) is 11.6. The molecular weight excluding hydrogens is 335 g/mol. The smallest absolute Gasteiger partial charge is 0.288 e. The van der Waals surface area contributed by atoms with Crippen molar-refractivity contribution in [2.45, 2.75) is 13.1 Å². The molecule has 26 heavy (non-hydrogen) atoms. The van der Waals surface area contributed by atoms with Gasteiger partial charge in [-0.25, -0.2) is 4.39 Å². The molecule has 2 N–H and O–H groups in total. The highest BCUT2D eigenvalue weighted by Crippen LogP contribution is 2.13. The number of hydrogen-bond donors (Lipinski definition) is 2. The summed E-state index contributed by atoms with van der Waals surface area (Å²) in [5.74, 6) is -1.16. The highest BCUT2D eigenvalue weighted by molar-refractivity contribution is 6.04. The number of Topliss-reactive ketones (excluding diaryl/α,β-unsaturated/α-hetero) is 1. The predicted octanol–water partition coefficient (Wildman–Crippen LogP) is 3.78. The molecule has 0 radical (unpaired) electrons. The molecule has 0 fully saturated rings. The fraction of sp³-hybridized carbons (Fsp3) is 0.100. The number of anilines is 1. The van der Waals surface area contributed by atoms with Crippen LogP contribution in [0.15, 0.2) is 71.3 Å². The van der Waals surface area contributed by atoms with Gasteiger partial charge in [0.15, 0.2) is 11.9 Å². The first-order valence-corrected chi connectivity index (χ1v) is 8.00. The average Bonchev–Trinajstić information content (AvgIpc) is 3.18. The zero-order chi connectivity index (χ0) is 18.5. The molecule has 0 spiro atoms. The summed E-state index contributed by atoms with van der Waals surface area (Å²) in [5, 5.41) is 5.53. The molecule has 0 saturated carbocycles. The van der Waals surface area contributed by atoms with Gasteiger partial charge >= 0.3 is 0 Å². The highest BCUT2D eigenvalue weighted by Gasteiger charge is 2.23. The summed E-state index contributed by atoms with van der Waals surface area (Å²) in [7, 11) is 0. The Bertz CT molecular complexity index is 888. The Morgan fingerprint density at radius 3 is 2.31 bits per heavy atom. The maximum Gasteiger partial charge on any atom is 0.288 e. The Hall–Kier alpha value is -3.41. The zero-order valence-corrected chi connectivity index (χ0v) is 14.0. The van der Waals surface area contributed by atoms with Crippen molar-refractivity contribution in [3.8, 4) is 0 Å². The van der Waals surface area contributed by atoms with Crippen molar-refractivity contribution in [3.63, 3.8) is 0 Å². The molecule has 3 rings (SSSR count). The topological polar surface area (TPSA) is 71.3 Å². The molecule has 1 heterocycles. The summed E-state index contributed by atoms with van der Waals surface area (Å²) in [6, 6.07) is 15.6. The molecular formula is C20H17FN2O3. The number of ketones is 1. The van der Waals surface area contributed by atoms with Gasteiger partial charge in [-0.2, -0.15) is 0 Å². The molecule has 5 nitrogen and oxygen atoms in total. The van der Waals surface area contributed by atoms with Gasteiger partial charge in [-0.1, -0.05) is 29.8 Å². The monoisotopic (exact) mass is 352 g/mol. The van der Waals surface area contributed by atoms with Crippen LogP contribution in [0.3, 0.4) is 0 Å². The van der Waals surface area contributed by atoms with Gasteiger partial charge in [0, 0.05) is 11.3 Å². The lowest BCUT2D eigenvalue weighted by molar-refractivity contribution is 0.0853. The summed E-state index contributed by atoms with van der Waals surface area (Å²) in [5.41, 5.74) is 1.95. The second kappa shape index (κ2) is 7.65. The number of furan rings is 1. The van der Waals surface area contributed by atoms with Crippen molar-refractivity contribution in [2.24, 2.45) is 0 Å². The maximum absolute atomic E-state index is 13.1. The molecule has 132 valence electrons. The molecule has 1 aromatic heterocycles. The number of carbonyl (C=O) groups excluding carboxylic acids is 2. The van der Waals surface area contributed by atoms with E-state index in [4.69, 9.17) is 4.42 Å². The molecule has 1 amide bonds. The second-order valence-corrected chi connectivity index (χ2v) is 5.77. The Balaban J connectivity index is 1.84. The first-order valence-electron chi connectivity index (χ1n) is 8.00.